The van der Waals surface area contributed by atoms with Gasteiger partial charge in [0.2, 0.25) is 0 Å². The number of fused-ring (bicyclic) bond motifs is 1. The number of aliphatic hydroxyl groups excluding tert-OH is 2. The number of nitrogens with two attached hydrogens (primary N) is 1. The number of benzene rings is 1. The van der Waals surface area contributed by atoms with E-state index in [2.05, 4.69) is 9.97 Å². The standard InChI is InChI=1S/C20H23N3O5S/c1-26-20-17(27-9-11-5-3-2-4-6-11)15(16(25)13(8-24)28-20)14-7-12-18(21)22-10-23-19(12)29-14/h2-7,10,13,15-17,20,24-25H,8-9H2,1H3,(H2,21,22,23)/t13-,15-,16-,17+,20+/m1/s1. The first kappa shape index (κ1) is 20.1. The van der Waals surface area contributed by atoms with Gasteiger partial charge in [-0.3, -0.25) is 0 Å². The molecular formula is C20H23N3O5S. The zero-order valence-electron chi connectivity index (χ0n) is 15.8. The van der Waals surface area contributed by atoms with Crippen molar-refractivity contribution in [3.8, 4) is 0 Å². The highest BCUT2D eigenvalue weighted by Crippen LogP contribution is 2.41. The van der Waals surface area contributed by atoms with E-state index in [0.717, 1.165) is 20.7 Å². The molecule has 2 aromatic heterocycles. The maximum atomic E-state index is 11.0. The second-order valence-corrected chi connectivity index (χ2v) is 7.93. The monoisotopic (exact) mass is 417 g/mol. The van der Waals surface area contributed by atoms with Crippen molar-refractivity contribution in [3.63, 3.8) is 0 Å². The first-order chi connectivity index (χ1) is 14.1. The first-order valence-electron chi connectivity index (χ1n) is 9.25. The molecule has 0 unspecified atom stereocenters. The molecule has 0 bridgehead atoms. The van der Waals surface area contributed by atoms with E-state index in [-0.39, 0.29) is 6.61 Å². The molecule has 5 atom stereocenters. The van der Waals surface area contributed by atoms with Crippen LogP contribution in [0.15, 0.2) is 42.7 Å². The van der Waals surface area contributed by atoms with Crippen LogP contribution in [0.1, 0.15) is 16.4 Å². The Morgan fingerprint density at radius 1 is 1.24 bits per heavy atom. The van der Waals surface area contributed by atoms with Gasteiger partial charge in [0.05, 0.1) is 30.6 Å². The molecule has 4 rings (SSSR count). The lowest BCUT2D eigenvalue weighted by atomic mass is 9.87. The smallest absolute Gasteiger partial charge is 0.184 e. The first-order valence-corrected chi connectivity index (χ1v) is 10.1. The van der Waals surface area contributed by atoms with Crippen LogP contribution in [-0.4, -0.2) is 58.5 Å². The molecule has 1 saturated heterocycles. The van der Waals surface area contributed by atoms with Crippen molar-refractivity contribution < 1.29 is 24.4 Å². The summed E-state index contributed by atoms with van der Waals surface area (Å²) in [5.74, 6) is -0.115. The summed E-state index contributed by atoms with van der Waals surface area (Å²) in [5.41, 5.74) is 6.97. The van der Waals surface area contributed by atoms with Gasteiger partial charge in [-0.05, 0) is 11.6 Å². The van der Waals surface area contributed by atoms with E-state index in [1.54, 1.807) is 0 Å². The highest BCUT2D eigenvalue weighted by Gasteiger charge is 2.47. The summed E-state index contributed by atoms with van der Waals surface area (Å²) in [7, 11) is 1.52. The van der Waals surface area contributed by atoms with Gasteiger partial charge in [0.15, 0.2) is 6.29 Å². The fourth-order valence-electron chi connectivity index (χ4n) is 3.60. The van der Waals surface area contributed by atoms with Gasteiger partial charge in [-0.1, -0.05) is 30.3 Å². The summed E-state index contributed by atoms with van der Waals surface area (Å²) in [5, 5.41) is 21.4. The third kappa shape index (κ3) is 3.97. The predicted octanol–water partition coefficient (Wildman–Crippen LogP) is 1.67. The van der Waals surface area contributed by atoms with Gasteiger partial charge in [-0.2, -0.15) is 0 Å². The number of nitrogen functional groups attached to an aromatic ring is 1. The number of aromatic nitrogens is 2. The molecule has 154 valence electrons. The van der Waals surface area contributed by atoms with E-state index in [4.69, 9.17) is 19.9 Å². The molecule has 0 amide bonds. The number of methoxy groups -OCH3 is 1. The molecule has 0 spiro atoms. The molecule has 8 nitrogen and oxygen atoms in total. The number of hydrogen-bond acceptors (Lipinski definition) is 9. The molecule has 3 heterocycles. The quantitative estimate of drug-likeness (QED) is 0.554. The molecule has 0 saturated carbocycles. The van der Waals surface area contributed by atoms with Crippen LogP contribution in [0.4, 0.5) is 5.82 Å². The molecule has 3 aromatic rings. The normalized spacial score (nSPS) is 27.3. The van der Waals surface area contributed by atoms with Crippen molar-refractivity contribution in [1.29, 1.82) is 0 Å². The molecule has 0 radical (unpaired) electrons. The Morgan fingerprint density at radius 3 is 2.72 bits per heavy atom. The summed E-state index contributed by atoms with van der Waals surface area (Å²) in [6.07, 6.45) is -1.72. The van der Waals surface area contributed by atoms with Crippen molar-refractivity contribution in [2.24, 2.45) is 0 Å². The number of hydrogen-bond donors (Lipinski definition) is 3. The molecule has 4 N–H and O–H groups in total. The number of nitrogens with zero attached hydrogens (tertiary/aromatic N) is 2. The Bertz CT molecular complexity index is 954. The average molecular weight is 417 g/mol. The van der Waals surface area contributed by atoms with Gasteiger partial charge in [0.1, 0.15) is 29.2 Å². The van der Waals surface area contributed by atoms with Crippen LogP contribution >= 0.6 is 11.3 Å². The second-order valence-electron chi connectivity index (χ2n) is 6.87. The molecule has 1 aliphatic rings. The fraction of sp³-hybridized carbons (Fsp3) is 0.400. The van der Waals surface area contributed by atoms with E-state index in [9.17, 15) is 10.2 Å². The van der Waals surface area contributed by atoms with E-state index >= 15 is 0 Å². The van der Waals surface area contributed by atoms with Crippen LogP contribution in [0, 0.1) is 0 Å². The van der Waals surface area contributed by atoms with Gasteiger partial charge >= 0.3 is 0 Å². The van der Waals surface area contributed by atoms with Gasteiger partial charge in [0, 0.05) is 12.0 Å². The summed E-state index contributed by atoms with van der Waals surface area (Å²) in [6, 6.07) is 11.6. The molecule has 9 heteroatoms. The lowest BCUT2D eigenvalue weighted by Crippen LogP contribution is -2.55. The van der Waals surface area contributed by atoms with E-state index in [1.807, 2.05) is 36.4 Å². The van der Waals surface area contributed by atoms with Crippen molar-refractivity contribution in [2.45, 2.75) is 37.1 Å². The highest BCUT2D eigenvalue weighted by atomic mass is 32.1. The van der Waals surface area contributed by atoms with Gasteiger partial charge in [-0.15, -0.1) is 11.3 Å². The molecule has 1 aliphatic heterocycles. The van der Waals surface area contributed by atoms with E-state index in [0.29, 0.717) is 12.4 Å². The third-order valence-electron chi connectivity index (χ3n) is 5.09. The highest BCUT2D eigenvalue weighted by molar-refractivity contribution is 7.18. The van der Waals surface area contributed by atoms with Crippen LogP contribution < -0.4 is 5.73 Å². The number of anilines is 1. The largest absolute Gasteiger partial charge is 0.394 e. The lowest BCUT2D eigenvalue weighted by Gasteiger charge is -2.43. The van der Waals surface area contributed by atoms with Crippen molar-refractivity contribution in [1.82, 2.24) is 9.97 Å². The summed E-state index contributed by atoms with van der Waals surface area (Å²) < 4.78 is 17.4. The third-order valence-corrected chi connectivity index (χ3v) is 6.23. The number of rotatable bonds is 6. The molecule has 1 aromatic carbocycles. The zero-order chi connectivity index (χ0) is 20.4. The minimum absolute atomic E-state index is 0.328. The Labute approximate surface area is 171 Å². The van der Waals surface area contributed by atoms with E-state index in [1.165, 1.54) is 24.8 Å². The fourth-order valence-corrected chi connectivity index (χ4v) is 4.78. The van der Waals surface area contributed by atoms with Gasteiger partial charge in [-0.25, -0.2) is 9.97 Å². The van der Waals surface area contributed by atoms with Crippen LogP contribution in [0.2, 0.25) is 0 Å². The van der Waals surface area contributed by atoms with Gasteiger partial charge < -0.3 is 30.2 Å². The van der Waals surface area contributed by atoms with Crippen LogP contribution in [0.25, 0.3) is 10.2 Å². The molecule has 1 fully saturated rings. The van der Waals surface area contributed by atoms with Crippen LogP contribution in [0.3, 0.4) is 0 Å². The van der Waals surface area contributed by atoms with E-state index < -0.39 is 30.5 Å². The predicted molar refractivity (Wildman–Crippen MR) is 108 cm³/mol. The van der Waals surface area contributed by atoms with Crippen LogP contribution in [-0.2, 0) is 20.8 Å². The van der Waals surface area contributed by atoms with Crippen molar-refractivity contribution in [3.05, 3.63) is 53.2 Å². The summed E-state index contributed by atoms with van der Waals surface area (Å²) >= 11 is 1.41. The minimum atomic E-state index is -0.991. The molecular weight excluding hydrogens is 394 g/mol. The maximum absolute atomic E-state index is 11.0. The summed E-state index contributed by atoms with van der Waals surface area (Å²) in [4.78, 5) is 9.85. The topological polar surface area (TPSA) is 120 Å². The van der Waals surface area contributed by atoms with Crippen LogP contribution in [0.5, 0.6) is 0 Å². The second kappa shape index (κ2) is 8.70. The van der Waals surface area contributed by atoms with Crippen molar-refractivity contribution in [2.75, 3.05) is 19.5 Å². The summed E-state index contributed by atoms with van der Waals surface area (Å²) in [6.45, 7) is -0.00957. The SMILES string of the molecule is CO[C@H]1O[C@H](CO)[C@@H](O)[C@@H](c2cc3c(N)ncnc3s2)[C@@H]1OCc1ccccc1. The zero-order valence-corrected chi connectivity index (χ0v) is 16.7. The average Bonchev–Trinajstić information content (AvgIpc) is 3.18. The number of thiophene rings is 1. The Morgan fingerprint density at radius 2 is 2.03 bits per heavy atom. The minimum Gasteiger partial charge on any atom is -0.394 e. The number of ether oxygens (including phenoxy) is 3. The Hall–Kier alpha value is -2.14. The van der Waals surface area contributed by atoms with Crippen molar-refractivity contribution >= 4 is 27.4 Å². The maximum Gasteiger partial charge on any atom is 0.184 e. The van der Waals surface area contributed by atoms with Gasteiger partial charge in [0.25, 0.3) is 0 Å². The molecule has 0 aliphatic carbocycles. The Balaban J connectivity index is 1.70. The lowest BCUT2D eigenvalue weighted by molar-refractivity contribution is -0.281. The molecule has 29 heavy (non-hydrogen) atoms. The number of aliphatic hydroxyl groups is 2. The Kier molecular flexibility index (Phi) is 6.04.